The Bertz CT molecular complexity index is 945. The van der Waals surface area contributed by atoms with Gasteiger partial charge in [0.05, 0.1) is 11.3 Å². The van der Waals surface area contributed by atoms with E-state index < -0.39 is 24.5 Å². The standard InChI is InChI=1S/C18H14F2N4O4/c1-11(16(25)12-4-8-15(9-5-12)28-18(19)20)27-17(26)13-2-6-14(7-3-13)24-10-21-22-23-24/h2-11,18H,1H3. The predicted octanol–water partition coefficient (Wildman–Crippen LogP) is 2.69. The Morgan fingerprint density at radius 1 is 1.00 bits per heavy atom. The average molecular weight is 388 g/mol. The van der Waals surface area contributed by atoms with Gasteiger partial charge in [-0.1, -0.05) is 0 Å². The lowest BCUT2D eigenvalue weighted by Gasteiger charge is -2.13. The molecule has 28 heavy (non-hydrogen) atoms. The van der Waals surface area contributed by atoms with Crippen LogP contribution in [-0.2, 0) is 4.74 Å². The highest BCUT2D eigenvalue weighted by atomic mass is 19.3. The maximum Gasteiger partial charge on any atom is 0.387 e. The summed E-state index contributed by atoms with van der Waals surface area (Å²) >= 11 is 0. The largest absolute Gasteiger partial charge is 0.451 e. The van der Waals surface area contributed by atoms with E-state index in [1.807, 2.05) is 0 Å². The second-order valence-corrected chi connectivity index (χ2v) is 5.62. The summed E-state index contributed by atoms with van der Waals surface area (Å²) in [5.41, 5.74) is 1.10. The number of carbonyl (C=O) groups is 2. The van der Waals surface area contributed by atoms with E-state index in [1.54, 1.807) is 12.1 Å². The van der Waals surface area contributed by atoms with Crippen LogP contribution in [0.5, 0.6) is 5.75 Å². The molecule has 1 heterocycles. The number of carbonyl (C=O) groups excluding carboxylic acids is 2. The van der Waals surface area contributed by atoms with Gasteiger partial charge in [0, 0.05) is 5.56 Å². The number of tetrazole rings is 1. The first-order chi connectivity index (χ1) is 13.4. The number of hydrogen-bond acceptors (Lipinski definition) is 7. The van der Waals surface area contributed by atoms with Crippen LogP contribution in [0.2, 0.25) is 0 Å². The molecule has 0 bridgehead atoms. The number of esters is 1. The normalized spacial score (nSPS) is 11.9. The highest BCUT2D eigenvalue weighted by Gasteiger charge is 2.20. The Hall–Kier alpha value is -3.69. The summed E-state index contributed by atoms with van der Waals surface area (Å²) in [4.78, 5) is 24.6. The van der Waals surface area contributed by atoms with Crippen LogP contribution < -0.4 is 4.74 Å². The molecule has 3 aromatic rings. The van der Waals surface area contributed by atoms with Gasteiger partial charge in [-0.15, -0.1) is 5.10 Å². The second-order valence-electron chi connectivity index (χ2n) is 5.62. The van der Waals surface area contributed by atoms with Crippen molar-refractivity contribution < 1.29 is 27.8 Å². The van der Waals surface area contributed by atoms with Crippen molar-refractivity contribution >= 4 is 11.8 Å². The number of rotatable bonds is 7. The lowest BCUT2D eigenvalue weighted by atomic mass is 10.1. The molecule has 1 unspecified atom stereocenters. The van der Waals surface area contributed by atoms with Gasteiger partial charge in [-0.2, -0.15) is 8.78 Å². The van der Waals surface area contributed by atoms with Crippen LogP contribution in [0.4, 0.5) is 8.78 Å². The molecule has 0 aliphatic carbocycles. The maximum absolute atomic E-state index is 12.4. The van der Waals surface area contributed by atoms with E-state index in [9.17, 15) is 18.4 Å². The van der Waals surface area contributed by atoms with Gasteiger partial charge in [0.15, 0.2) is 6.10 Å². The van der Waals surface area contributed by atoms with Crippen LogP contribution in [0.1, 0.15) is 27.6 Å². The molecule has 3 rings (SSSR count). The molecule has 144 valence electrons. The number of alkyl halides is 2. The van der Waals surface area contributed by atoms with Crippen molar-refractivity contribution in [3.63, 3.8) is 0 Å². The lowest BCUT2D eigenvalue weighted by molar-refractivity contribution is -0.0498. The Labute approximate surface area is 157 Å². The van der Waals surface area contributed by atoms with Gasteiger partial charge in [-0.25, -0.2) is 9.48 Å². The van der Waals surface area contributed by atoms with E-state index in [0.717, 1.165) is 0 Å². The van der Waals surface area contributed by atoms with Crippen molar-refractivity contribution in [3.05, 3.63) is 66.0 Å². The number of halogens is 2. The number of hydrogen-bond donors (Lipinski definition) is 0. The number of aromatic nitrogens is 4. The molecule has 2 aromatic carbocycles. The molecular formula is C18H14F2N4O4. The van der Waals surface area contributed by atoms with Crippen molar-refractivity contribution in [2.24, 2.45) is 0 Å². The van der Waals surface area contributed by atoms with E-state index in [-0.39, 0.29) is 16.9 Å². The SMILES string of the molecule is CC(OC(=O)c1ccc(-n2cnnn2)cc1)C(=O)c1ccc(OC(F)F)cc1. The molecule has 0 N–H and O–H groups in total. The highest BCUT2D eigenvalue weighted by molar-refractivity contribution is 6.01. The van der Waals surface area contributed by atoms with Crippen molar-refractivity contribution in [1.82, 2.24) is 20.2 Å². The molecule has 0 saturated carbocycles. The van der Waals surface area contributed by atoms with Crippen LogP contribution in [0.3, 0.4) is 0 Å². The summed E-state index contributed by atoms with van der Waals surface area (Å²) < 4.78 is 35.2. The molecule has 0 fully saturated rings. The molecule has 0 radical (unpaired) electrons. The molecule has 0 aliphatic rings. The minimum absolute atomic E-state index is 0.0705. The van der Waals surface area contributed by atoms with Gasteiger partial charge in [0.1, 0.15) is 12.1 Å². The van der Waals surface area contributed by atoms with E-state index >= 15 is 0 Å². The minimum Gasteiger partial charge on any atom is -0.451 e. The zero-order valence-corrected chi connectivity index (χ0v) is 14.5. The fourth-order valence-corrected chi connectivity index (χ4v) is 2.35. The Morgan fingerprint density at radius 2 is 1.64 bits per heavy atom. The summed E-state index contributed by atoms with van der Waals surface area (Å²) in [7, 11) is 0. The number of nitrogens with zero attached hydrogens (tertiary/aromatic N) is 4. The molecule has 0 spiro atoms. The first kappa shape index (κ1) is 19.1. The van der Waals surface area contributed by atoms with Crippen LogP contribution in [0.15, 0.2) is 54.9 Å². The average Bonchev–Trinajstić information content (AvgIpc) is 3.22. The van der Waals surface area contributed by atoms with E-state index in [0.29, 0.717) is 5.69 Å². The minimum atomic E-state index is -2.95. The van der Waals surface area contributed by atoms with Crippen LogP contribution in [0, 0.1) is 0 Å². The number of ether oxygens (including phenoxy) is 2. The summed E-state index contributed by atoms with van der Waals surface area (Å²) in [5.74, 6) is -1.22. The molecule has 1 aromatic heterocycles. The zero-order chi connectivity index (χ0) is 20.1. The predicted molar refractivity (Wildman–Crippen MR) is 91.4 cm³/mol. The Balaban J connectivity index is 1.62. The topological polar surface area (TPSA) is 96.2 Å². The van der Waals surface area contributed by atoms with Gasteiger partial charge in [0.25, 0.3) is 0 Å². The number of ketones is 1. The van der Waals surface area contributed by atoms with E-state index in [4.69, 9.17) is 4.74 Å². The second kappa shape index (κ2) is 8.33. The van der Waals surface area contributed by atoms with Gasteiger partial charge < -0.3 is 9.47 Å². The van der Waals surface area contributed by atoms with Crippen molar-refractivity contribution in [2.45, 2.75) is 19.6 Å². The zero-order valence-electron chi connectivity index (χ0n) is 14.5. The number of benzene rings is 2. The fourth-order valence-electron chi connectivity index (χ4n) is 2.35. The third kappa shape index (κ3) is 4.53. The van der Waals surface area contributed by atoms with E-state index in [2.05, 4.69) is 20.3 Å². The fraction of sp³-hybridized carbons (Fsp3) is 0.167. The van der Waals surface area contributed by atoms with Crippen LogP contribution in [-0.4, -0.2) is 44.7 Å². The quantitative estimate of drug-likeness (QED) is 0.453. The third-order valence-corrected chi connectivity index (χ3v) is 3.73. The van der Waals surface area contributed by atoms with Crippen molar-refractivity contribution in [1.29, 1.82) is 0 Å². The Kier molecular flexibility index (Phi) is 5.68. The monoisotopic (exact) mass is 388 g/mol. The van der Waals surface area contributed by atoms with E-state index in [1.165, 1.54) is 54.3 Å². The van der Waals surface area contributed by atoms with Crippen molar-refractivity contribution in [3.8, 4) is 11.4 Å². The van der Waals surface area contributed by atoms with Gasteiger partial charge >= 0.3 is 12.6 Å². The molecule has 0 saturated heterocycles. The van der Waals surface area contributed by atoms with Crippen molar-refractivity contribution in [2.75, 3.05) is 0 Å². The lowest BCUT2D eigenvalue weighted by Crippen LogP contribution is -2.24. The molecule has 1 atom stereocenters. The molecule has 8 nitrogen and oxygen atoms in total. The third-order valence-electron chi connectivity index (χ3n) is 3.73. The molecule has 0 aliphatic heterocycles. The first-order valence-electron chi connectivity index (χ1n) is 8.07. The van der Waals surface area contributed by atoms with Gasteiger partial charge in [-0.05, 0) is 65.9 Å². The van der Waals surface area contributed by atoms with Crippen LogP contribution >= 0.6 is 0 Å². The molecular weight excluding hydrogens is 374 g/mol. The molecule has 0 amide bonds. The maximum atomic E-state index is 12.4. The summed E-state index contributed by atoms with van der Waals surface area (Å²) in [5, 5.41) is 10.8. The Morgan fingerprint density at radius 3 is 2.21 bits per heavy atom. The smallest absolute Gasteiger partial charge is 0.387 e. The van der Waals surface area contributed by atoms with Gasteiger partial charge in [0.2, 0.25) is 5.78 Å². The number of Topliss-reactive ketones (excluding diaryl/α,β-unsaturated/α-hetero) is 1. The summed E-state index contributed by atoms with van der Waals surface area (Å²) in [6.45, 7) is -1.52. The molecule has 10 heteroatoms. The first-order valence-corrected chi connectivity index (χ1v) is 8.07. The van der Waals surface area contributed by atoms with Crippen LogP contribution in [0.25, 0.3) is 5.69 Å². The highest BCUT2D eigenvalue weighted by Crippen LogP contribution is 2.17. The summed E-state index contributed by atoms with van der Waals surface area (Å²) in [6, 6.07) is 11.4. The summed E-state index contributed by atoms with van der Waals surface area (Å²) in [6.07, 6.45) is 0.347. The van der Waals surface area contributed by atoms with Gasteiger partial charge in [-0.3, -0.25) is 4.79 Å².